The van der Waals surface area contributed by atoms with Crippen LogP contribution in [0.25, 0.3) is 0 Å². The molecule has 1 aliphatic rings. The molecule has 0 saturated heterocycles. The van der Waals surface area contributed by atoms with Gasteiger partial charge in [-0.25, -0.2) is 0 Å². The van der Waals surface area contributed by atoms with Crippen LogP contribution < -0.4 is 0 Å². The second-order valence-corrected chi connectivity index (χ2v) is 7.27. The number of hydrogen-bond acceptors (Lipinski definition) is 1. The molecule has 1 saturated carbocycles. The molecule has 1 fully saturated rings. The second-order valence-electron chi connectivity index (χ2n) is 7.27. The molecule has 112 valence electrons. The van der Waals surface area contributed by atoms with Crippen molar-refractivity contribution in [1.29, 1.82) is 0 Å². The lowest BCUT2D eigenvalue weighted by molar-refractivity contribution is -0.0652. The van der Waals surface area contributed by atoms with Crippen LogP contribution in [0, 0.1) is 11.8 Å². The highest BCUT2D eigenvalue weighted by molar-refractivity contribution is 5.26. The highest BCUT2D eigenvalue weighted by atomic mass is 16.3. The van der Waals surface area contributed by atoms with Gasteiger partial charge >= 0.3 is 0 Å². The van der Waals surface area contributed by atoms with Crippen molar-refractivity contribution in [1.82, 2.24) is 0 Å². The molecule has 0 aliphatic heterocycles. The quantitative estimate of drug-likeness (QED) is 0.825. The minimum atomic E-state index is -0.494. The van der Waals surface area contributed by atoms with Crippen molar-refractivity contribution < 1.29 is 5.11 Å². The summed E-state index contributed by atoms with van der Waals surface area (Å²) in [5.74, 6) is 1.58. The molecule has 2 atom stereocenters. The van der Waals surface area contributed by atoms with E-state index in [9.17, 15) is 5.11 Å². The summed E-state index contributed by atoms with van der Waals surface area (Å²) in [6, 6.07) is 8.85. The summed E-state index contributed by atoms with van der Waals surface area (Å²) < 4.78 is 0. The zero-order valence-corrected chi connectivity index (χ0v) is 13.5. The molecule has 1 heteroatoms. The Balaban J connectivity index is 2.13. The van der Waals surface area contributed by atoms with Gasteiger partial charge in [-0.15, -0.1) is 0 Å². The van der Waals surface area contributed by atoms with Crippen LogP contribution in [0.1, 0.15) is 70.4 Å². The van der Waals surface area contributed by atoms with Crippen LogP contribution >= 0.6 is 0 Å². The van der Waals surface area contributed by atoms with E-state index in [0.29, 0.717) is 17.8 Å². The second kappa shape index (κ2) is 6.30. The van der Waals surface area contributed by atoms with Crippen LogP contribution in [0.4, 0.5) is 0 Å². The summed E-state index contributed by atoms with van der Waals surface area (Å²) >= 11 is 0. The summed E-state index contributed by atoms with van der Waals surface area (Å²) in [7, 11) is 0. The minimum absolute atomic E-state index is 0.445. The monoisotopic (exact) mass is 274 g/mol. The maximum Gasteiger partial charge on any atom is 0.0718 e. The lowest BCUT2D eigenvalue weighted by Gasteiger charge is -2.42. The molecule has 0 heterocycles. The average molecular weight is 274 g/mol. The Morgan fingerprint density at radius 3 is 2.30 bits per heavy atom. The first-order valence-corrected chi connectivity index (χ1v) is 8.23. The molecule has 0 spiro atoms. The lowest BCUT2D eigenvalue weighted by Crippen LogP contribution is -2.45. The van der Waals surface area contributed by atoms with Crippen LogP contribution in [0.2, 0.25) is 0 Å². The molecule has 0 bridgehead atoms. The fraction of sp³-hybridized carbons (Fsp3) is 0.684. The third kappa shape index (κ3) is 3.44. The first-order valence-electron chi connectivity index (χ1n) is 8.23. The van der Waals surface area contributed by atoms with Crippen molar-refractivity contribution in [2.45, 2.75) is 71.3 Å². The normalized spacial score (nSPS) is 27.2. The molecule has 0 radical (unpaired) electrons. The van der Waals surface area contributed by atoms with Gasteiger partial charge in [0, 0.05) is 6.42 Å². The zero-order valence-electron chi connectivity index (χ0n) is 13.5. The number of rotatable bonds is 4. The molecule has 1 N–H and O–H groups in total. The van der Waals surface area contributed by atoms with E-state index in [1.54, 1.807) is 0 Å². The summed E-state index contributed by atoms with van der Waals surface area (Å²) in [5, 5.41) is 11.1. The van der Waals surface area contributed by atoms with Crippen molar-refractivity contribution >= 4 is 0 Å². The topological polar surface area (TPSA) is 20.2 Å². The SMILES string of the molecule is CC(C)c1ccc(CC2(O)CCCCC2C(C)C)cc1. The smallest absolute Gasteiger partial charge is 0.0718 e. The van der Waals surface area contributed by atoms with Gasteiger partial charge in [0.1, 0.15) is 0 Å². The first-order chi connectivity index (χ1) is 9.42. The number of hydrogen-bond donors (Lipinski definition) is 1. The van der Waals surface area contributed by atoms with Crippen molar-refractivity contribution in [3.8, 4) is 0 Å². The van der Waals surface area contributed by atoms with E-state index in [1.807, 2.05) is 0 Å². The predicted octanol–water partition coefficient (Wildman–Crippen LogP) is 4.93. The molecular formula is C19H30O. The van der Waals surface area contributed by atoms with Crippen molar-refractivity contribution in [2.75, 3.05) is 0 Å². The average Bonchev–Trinajstić information content (AvgIpc) is 2.39. The molecule has 2 rings (SSSR count). The van der Waals surface area contributed by atoms with Crippen LogP contribution in [-0.2, 0) is 6.42 Å². The minimum Gasteiger partial charge on any atom is -0.389 e. The summed E-state index contributed by atoms with van der Waals surface area (Å²) in [5.41, 5.74) is 2.17. The molecule has 0 aromatic heterocycles. The van der Waals surface area contributed by atoms with E-state index >= 15 is 0 Å². The molecule has 2 unspecified atom stereocenters. The Morgan fingerprint density at radius 1 is 1.10 bits per heavy atom. The predicted molar refractivity (Wildman–Crippen MR) is 86.0 cm³/mol. The van der Waals surface area contributed by atoms with Crippen molar-refractivity contribution in [3.63, 3.8) is 0 Å². The fourth-order valence-corrected chi connectivity index (χ4v) is 3.80. The Labute approximate surface area is 124 Å². The highest BCUT2D eigenvalue weighted by Crippen LogP contribution is 2.40. The van der Waals surface area contributed by atoms with E-state index in [-0.39, 0.29) is 0 Å². The molecule has 0 amide bonds. The molecule has 1 aromatic carbocycles. The number of aliphatic hydroxyl groups is 1. The molecular weight excluding hydrogens is 244 g/mol. The van der Waals surface area contributed by atoms with Gasteiger partial charge < -0.3 is 5.11 Å². The van der Waals surface area contributed by atoms with Gasteiger partial charge in [-0.2, -0.15) is 0 Å². The fourth-order valence-electron chi connectivity index (χ4n) is 3.80. The van der Waals surface area contributed by atoms with Gasteiger partial charge in [0.2, 0.25) is 0 Å². The third-order valence-corrected chi connectivity index (χ3v) is 5.03. The summed E-state index contributed by atoms with van der Waals surface area (Å²) in [4.78, 5) is 0. The summed E-state index contributed by atoms with van der Waals surface area (Å²) in [6.45, 7) is 8.95. The van der Waals surface area contributed by atoms with Gasteiger partial charge in [0.25, 0.3) is 0 Å². The van der Waals surface area contributed by atoms with Crippen LogP contribution in [0.15, 0.2) is 24.3 Å². The summed E-state index contributed by atoms with van der Waals surface area (Å²) in [6.07, 6.45) is 5.40. The molecule has 1 nitrogen and oxygen atoms in total. The van der Waals surface area contributed by atoms with Gasteiger partial charge in [-0.3, -0.25) is 0 Å². The van der Waals surface area contributed by atoms with E-state index in [1.165, 1.54) is 30.4 Å². The van der Waals surface area contributed by atoms with Gasteiger partial charge in [-0.1, -0.05) is 64.8 Å². The van der Waals surface area contributed by atoms with Crippen molar-refractivity contribution in [2.24, 2.45) is 11.8 Å². The van der Waals surface area contributed by atoms with Crippen molar-refractivity contribution in [3.05, 3.63) is 35.4 Å². The van der Waals surface area contributed by atoms with Gasteiger partial charge in [0.05, 0.1) is 5.60 Å². The van der Waals surface area contributed by atoms with E-state index in [0.717, 1.165) is 12.8 Å². The Morgan fingerprint density at radius 2 is 1.75 bits per heavy atom. The lowest BCUT2D eigenvalue weighted by atomic mass is 9.68. The standard InChI is InChI=1S/C19H30O/c1-14(2)17-10-8-16(9-11-17)13-19(20)12-6-5-7-18(19)15(3)4/h8-11,14-15,18,20H,5-7,12-13H2,1-4H3. The van der Waals surface area contributed by atoms with E-state index < -0.39 is 5.60 Å². The zero-order chi connectivity index (χ0) is 14.8. The molecule has 1 aromatic rings. The highest BCUT2D eigenvalue weighted by Gasteiger charge is 2.40. The number of benzene rings is 1. The maximum atomic E-state index is 11.1. The van der Waals surface area contributed by atoms with Gasteiger partial charge in [0.15, 0.2) is 0 Å². The van der Waals surface area contributed by atoms with Crippen LogP contribution in [0.3, 0.4) is 0 Å². The Hall–Kier alpha value is -0.820. The van der Waals surface area contributed by atoms with E-state index in [2.05, 4.69) is 52.0 Å². The Kier molecular flexibility index (Phi) is 4.90. The largest absolute Gasteiger partial charge is 0.389 e. The van der Waals surface area contributed by atoms with Crippen LogP contribution in [-0.4, -0.2) is 10.7 Å². The Bertz CT molecular complexity index is 418. The van der Waals surface area contributed by atoms with E-state index in [4.69, 9.17) is 0 Å². The third-order valence-electron chi connectivity index (χ3n) is 5.03. The molecule has 1 aliphatic carbocycles. The first kappa shape index (κ1) is 15.6. The van der Waals surface area contributed by atoms with Crippen LogP contribution in [0.5, 0.6) is 0 Å². The molecule has 20 heavy (non-hydrogen) atoms. The van der Waals surface area contributed by atoms with Gasteiger partial charge in [-0.05, 0) is 41.7 Å². The maximum absolute atomic E-state index is 11.1.